The van der Waals surface area contributed by atoms with Crippen LogP contribution in [0.5, 0.6) is 11.5 Å². The molecule has 0 saturated carbocycles. The molecule has 1 atom stereocenters. The van der Waals surface area contributed by atoms with E-state index in [0.29, 0.717) is 17.7 Å². The Morgan fingerprint density at radius 3 is 2.71 bits per heavy atom. The summed E-state index contributed by atoms with van der Waals surface area (Å²) >= 11 is 0. The van der Waals surface area contributed by atoms with Crippen molar-refractivity contribution in [2.45, 2.75) is 12.5 Å². The Kier molecular flexibility index (Phi) is 3.73. The predicted octanol–water partition coefficient (Wildman–Crippen LogP) is 0.783. The highest BCUT2D eigenvalue weighted by molar-refractivity contribution is 5.41. The third-order valence-electron chi connectivity index (χ3n) is 2.08. The summed E-state index contributed by atoms with van der Waals surface area (Å²) in [5.41, 5.74) is 6.36. The summed E-state index contributed by atoms with van der Waals surface area (Å²) in [5, 5.41) is 18.3. The van der Waals surface area contributed by atoms with Crippen LogP contribution in [0.25, 0.3) is 0 Å². The van der Waals surface area contributed by atoms with Gasteiger partial charge >= 0.3 is 0 Å². The van der Waals surface area contributed by atoms with E-state index in [0.717, 1.165) is 0 Å². The van der Waals surface area contributed by atoms with Gasteiger partial charge in [-0.25, -0.2) is 0 Å². The molecule has 4 N–H and O–H groups in total. The molecule has 1 aromatic carbocycles. The molecule has 0 bridgehead atoms. The molecule has 0 saturated heterocycles. The Morgan fingerprint density at radius 2 is 2.21 bits per heavy atom. The molecule has 0 unspecified atom stereocenters. The van der Waals surface area contributed by atoms with Crippen LogP contribution >= 0.6 is 0 Å². The molecule has 0 radical (unpaired) electrons. The number of phenolic OH excluding ortho intramolecular Hbond substituents is 1. The van der Waals surface area contributed by atoms with Gasteiger partial charge in [0.1, 0.15) is 11.5 Å². The summed E-state index contributed by atoms with van der Waals surface area (Å²) < 4.78 is 4.94. The molecule has 4 heteroatoms. The van der Waals surface area contributed by atoms with Crippen LogP contribution in [-0.2, 0) is 0 Å². The average molecular weight is 197 g/mol. The van der Waals surface area contributed by atoms with Crippen molar-refractivity contribution in [3.63, 3.8) is 0 Å². The van der Waals surface area contributed by atoms with Gasteiger partial charge in [0, 0.05) is 24.3 Å². The van der Waals surface area contributed by atoms with Crippen molar-refractivity contribution < 1.29 is 14.9 Å². The standard InChI is InChI=1S/C10H15NO3/c1-14-7-2-3-8(10(13)6-7)9(11)4-5-12/h2-3,6,9,12-13H,4-5,11H2,1H3/t9-/m1/s1. The number of hydrogen-bond acceptors (Lipinski definition) is 4. The lowest BCUT2D eigenvalue weighted by molar-refractivity contribution is 0.275. The van der Waals surface area contributed by atoms with Gasteiger partial charge in [0.15, 0.2) is 0 Å². The molecule has 1 aromatic rings. The Bertz CT molecular complexity index is 301. The lowest BCUT2D eigenvalue weighted by Gasteiger charge is -2.12. The molecule has 0 aliphatic rings. The second-order valence-electron chi connectivity index (χ2n) is 3.04. The van der Waals surface area contributed by atoms with E-state index in [-0.39, 0.29) is 18.4 Å². The molecule has 0 heterocycles. The predicted molar refractivity (Wildman–Crippen MR) is 53.3 cm³/mol. The maximum atomic E-state index is 9.58. The van der Waals surface area contributed by atoms with Crippen LogP contribution in [0.15, 0.2) is 18.2 Å². The van der Waals surface area contributed by atoms with E-state index in [4.69, 9.17) is 15.6 Å². The van der Waals surface area contributed by atoms with E-state index in [9.17, 15) is 5.11 Å². The number of nitrogens with two attached hydrogens (primary N) is 1. The first-order chi connectivity index (χ1) is 6.69. The van der Waals surface area contributed by atoms with Crippen LogP contribution in [0.2, 0.25) is 0 Å². The zero-order valence-corrected chi connectivity index (χ0v) is 8.10. The third kappa shape index (κ3) is 2.37. The monoisotopic (exact) mass is 197 g/mol. The first kappa shape index (κ1) is 10.8. The van der Waals surface area contributed by atoms with Gasteiger partial charge in [0.25, 0.3) is 0 Å². The first-order valence-corrected chi connectivity index (χ1v) is 4.42. The highest BCUT2D eigenvalue weighted by Gasteiger charge is 2.10. The fraction of sp³-hybridized carbons (Fsp3) is 0.400. The maximum absolute atomic E-state index is 9.58. The summed E-state index contributed by atoms with van der Waals surface area (Å²) in [5.74, 6) is 0.688. The van der Waals surface area contributed by atoms with Gasteiger partial charge in [-0.1, -0.05) is 6.07 Å². The second kappa shape index (κ2) is 4.83. The molecule has 0 aliphatic heterocycles. The molecule has 78 valence electrons. The van der Waals surface area contributed by atoms with Crippen LogP contribution < -0.4 is 10.5 Å². The number of phenols is 1. The molecule has 0 fully saturated rings. The number of aliphatic hydroxyl groups is 1. The first-order valence-electron chi connectivity index (χ1n) is 4.42. The fourth-order valence-corrected chi connectivity index (χ4v) is 1.26. The van der Waals surface area contributed by atoms with Crippen molar-refractivity contribution in [3.8, 4) is 11.5 Å². The number of hydrogen-bond donors (Lipinski definition) is 3. The zero-order chi connectivity index (χ0) is 10.6. The molecule has 14 heavy (non-hydrogen) atoms. The SMILES string of the molecule is COc1ccc([C@H](N)CCO)c(O)c1. The minimum absolute atomic E-state index is 0.00658. The minimum atomic E-state index is -0.342. The lowest BCUT2D eigenvalue weighted by Crippen LogP contribution is -2.12. The van der Waals surface area contributed by atoms with E-state index in [1.54, 1.807) is 12.1 Å². The summed E-state index contributed by atoms with van der Waals surface area (Å²) in [6.45, 7) is 0.00658. The van der Waals surface area contributed by atoms with Crippen molar-refractivity contribution in [1.82, 2.24) is 0 Å². The average Bonchev–Trinajstić information content (AvgIpc) is 2.17. The van der Waals surface area contributed by atoms with Gasteiger partial charge in [-0.05, 0) is 12.5 Å². The second-order valence-corrected chi connectivity index (χ2v) is 3.04. The highest BCUT2D eigenvalue weighted by atomic mass is 16.5. The normalized spacial score (nSPS) is 12.5. The largest absolute Gasteiger partial charge is 0.507 e. The van der Waals surface area contributed by atoms with Gasteiger partial charge in [-0.15, -0.1) is 0 Å². The Morgan fingerprint density at radius 1 is 1.50 bits per heavy atom. The smallest absolute Gasteiger partial charge is 0.124 e. The highest BCUT2D eigenvalue weighted by Crippen LogP contribution is 2.28. The van der Waals surface area contributed by atoms with E-state index in [2.05, 4.69) is 0 Å². The molecular formula is C10H15NO3. The maximum Gasteiger partial charge on any atom is 0.124 e. The van der Waals surface area contributed by atoms with E-state index in [1.807, 2.05) is 0 Å². The topological polar surface area (TPSA) is 75.7 Å². The summed E-state index contributed by atoms with van der Waals surface area (Å²) in [7, 11) is 1.53. The summed E-state index contributed by atoms with van der Waals surface area (Å²) in [6.07, 6.45) is 0.430. The number of aliphatic hydroxyl groups excluding tert-OH is 1. The molecule has 0 amide bonds. The van der Waals surface area contributed by atoms with Gasteiger partial charge in [-0.3, -0.25) is 0 Å². The molecular weight excluding hydrogens is 182 g/mol. The lowest BCUT2D eigenvalue weighted by atomic mass is 10.0. The number of aromatic hydroxyl groups is 1. The number of rotatable bonds is 4. The van der Waals surface area contributed by atoms with E-state index < -0.39 is 0 Å². The van der Waals surface area contributed by atoms with Crippen molar-refractivity contribution in [3.05, 3.63) is 23.8 Å². The van der Waals surface area contributed by atoms with Gasteiger partial charge < -0.3 is 20.7 Å². The van der Waals surface area contributed by atoms with Crippen LogP contribution in [0.3, 0.4) is 0 Å². The van der Waals surface area contributed by atoms with Crippen LogP contribution in [0, 0.1) is 0 Å². The quantitative estimate of drug-likeness (QED) is 0.666. The molecule has 0 spiro atoms. The van der Waals surface area contributed by atoms with Crippen molar-refractivity contribution in [2.75, 3.05) is 13.7 Å². The van der Waals surface area contributed by atoms with Gasteiger partial charge in [-0.2, -0.15) is 0 Å². The summed E-state index contributed by atoms with van der Waals surface area (Å²) in [4.78, 5) is 0. The Balaban J connectivity index is 2.88. The number of ether oxygens (including phenoxy) is 1. The van der Waals surface area contributed by atoms with Crippen LogP contribution in [0.4, 0.5) is 0 Å². The zero-order valence-electron chi connectivity index (χ0n) is 8.10. The van der Waals surface area contributed by atoms with Gasteiger partial charge in [0.2, 0.25) is 0 Å². The van der Waals surface area contributed by atoms with Gasteiger partial charge in [0.05, 0.1) is 7.11 Å². The van der Waals surface area contributed by atoms with Crippen molar-refractivity contribution >= 4 is 0 Å². The van der Waals surface area contributed by atoms with Crippen LogP contribution in [0.1, 0.15) is 18.0 Å². The number of methoxy groups -OCH3 is 1. The van der Waals surface area contributed by atoms with E-state index in [1.165, 1.54) is 13.2 Å². The van der Waals surface area contributed by atoms with Crippen LogP contribution in [-0.4, -0.2) is 23.9 Å². The number of benzene rings is 1. The Labute approximate surface area is 82.9 Å². The molecule has 0 aromatic heterocycles. The molecule has 4 nitrogen and oxygen atoms in total. The minimum Gasteiger partial charge on any atom is -0.507 e. The molecule has 1 rings (SSSR count). The van der Waals surface area contributed by atoms with Crippen molar-refractivity contribution in [2.24, 2.45) is 5.73 Å². The fourth-order valence-electron chi connectivity index (χ4n) is 1.26. The molecule has 0 aliphatic carbocycles. The Hall–Kier alpha value is -1.26. The van der Waals surface area contributed by atoms with E-state index >= 15 is 0 Å². The third-order valence-corrected chi connectivity index (χ3v) is 2.08. The summed E-state index contributed by atoms with van der Waals surface area (Å²) in [6, 6.07) is 4.60. The van der Waals surface area contributed by atoms with Crippen molar-refractivity contribution in [1.29, 1.82) is 0 Å².